The monoisotopic (exact) mass is 294 g/mol. The van der Waals surface area contributed by atoms with E-state index in [1.807, 2.05) is 6.92 Å². The van der Waals surface area contributed by atoms with Crippen molar-refractivity contribution in [1.82, 2.24) is 4.90 Å². The molecule has 0 bridgehead atoms. The van der Waals surface area contributed by atoms with E-state index in [-0.39, 0.29) is 29.8 Å². The minimum atomic E-state index is -0.596. The number of carbonyl (C=O) groups is 1. The van der Waals surface area contributed by atoms with Crippen LogP contribution in [0.5, 0.6) is 0 Å². The van der Waals surface area contributed by atoms with E-state index >= 15 is 0 Å². The van der Waals surface area contributed by atoms with Crippen LogP contribution in [-0.2, 0) is 0 Å². The molecule has 1 aromatic carbocycles. The average Bonchev–Trinajstić information content (AvgIpc) is 2.86. The molecular weight excluding hydrogens is 276 g/mol. The minimum absolute atomic E-state index is 0.0250. The lowest BCUT2D eigenvalue weighted by Gasteiger charge is -2.25. The molecule has 1 amide bonds. The predicted molar refractivity (Wildman–Crippen MR) is 76.6 cm³/mol. The van der Waals surface area contributed by atoms with Crippen LogP contribution in [0.2, 0.25) is 0 Å². The van der Waals surface area contributed by atoms with Crippen LogP contribution in [0.1, 0.15) is 23.7 Å². The van der Waals surface area contributed by atoms with Crippen molar-refractivity contribution in [2.24, 2.45) is 11.8 Å². The molecule has 4 N–H and O–H groups in total. The van der Waals surface area contributed by atoms with Gasteiger partial charge in [-0.25, -0.2) is 0 Å². The van der Waals surface area contributed by atoms with Crippen molar-refractivity contribution in [3.63, 3.8) is 0 Å². The Bertz CT molecular complexity index is 563. The van der Waals surface area contributed by atoms with Gasteiger partial charge in [-0.3, -0.25) is 20.8 Å². The highest BCUT2D eigenvalue weighted by Crippen LogP contribution is 2.29. The zero-order valence-electron chi connectivity index (χ0n) is 11.7. The highest BCUT2D eigenvalue weighted by atomic mass is 16.6. The Kier molecular flexibility index (Phi) is 4.39. The summed E-state index contributed by atoms with van der Waals surface area (Å²) in [5.74, 6) is 4.99. The van der Waals surface area contributed by atoms with Crippen molar-refractivity contribution in [1.29, 1.82) is 0 Å². The number of aliphatic hydroxyl groups is 1. The number of hydrazine groups is 1. The van der Waals surface area contributed by atoms with E-state index < -0.39 is 10.8 Å². The Morgan fingerprint density at radius 2 is 2.33 bits per heavy atom. The van der Waals surface area contributed by atoms with Gasteiger partial charge in [0.15, 0.2) is 0 Å². The van der Waals surface area contributed by atoms with Crippen molar-refractivity contribution in [3.8, 4) is 0 Å². The van der Waals surface area contributed by atoms with Crippen LogP contribution in [0, 0.1) is 16.0 Å². The number of nitrogens with zero attached hydrogens (tertiary/aromatic N) is 2. The average molecular weight is 294 g/mol. The summed E-state index contributed by atoms with van der Waals surface area (Å²) in [7, 11) is 0. The number of nitro benzene ring substituents is 1. The molecule has 8 nitrogen and oxygen atoms in total. The molecule has 2 rings (SSSR count). The Morgan fingerprint density at radius 1 is 1.62 bits per heavy atom. The van der Waals surface area contributed by atoms with Crippen molar-refractivity contribution < 1.29 is 14.8 Å². The summed E-state index contributed by atoms with van der Waals surface area (Å²) in [5.41, 5.74) is 2.49. The van der Waals surface area contributed by atoms with E-state index in [1.165, 1.54) is 23.1 Å². The molecule has 21 heavy (non-hydrogen) atoms. The van der Waals surface area contributed by atoms with E-state index in [0.29, 0.717) is 12.2 Å². The van der Waals surface area contributed by atoms with E-state index in [2.05, 4.69) is 5.43 Å². The minimum Gasteiger partial charge on any atom is -0.394 e. The van der Waals surface area contributed by atoms with E-state index in [4.69, 9.17) is 5.84 Å². The number of aliphatic hydroxyl groups excluding tert-OH is 1. The lowest BCUT2D eigenvalue weighted by molar-refractivity contribution is -0.385. The van der Waals surface area contributed by atoms with Gasteiger partial charge in [0.05, 0.1) is 17.6 Å². The van der Waals surface area contributed by atoms with E-state index in [1.54, 1.807) is 0 Å². The van der Waals surface area contributed by atoms with Gasteiger partial charge in [-0.1, -0.05) is 6.92 Å². The molecule has 1 saturated heterocycles. The molecule has 1 aliphatic rings. The maximum absolute atomic E-state index is 12.6. The first-order valence-electron chi connectivity index (χ1n) is 6.66. The van der Waals surface area contributed by atoms with Crippen LogP contribution in [0.25, 0.3) is 0 Å². The van der Waals surface area contributed by atoms with Gasteiger partial charge in [0.2, 0.25) is 0 Å². The number of hydrogen-bond acceptors (Lipinski definition) is 6. The molecule has 0 aliphatic carbocycles. The number of nitrogens with two attached hydrogens (primary N) is 1. The highest BCUT2D eigenvalue weighted by Gasteiger charge is 2.36. The number of hydrogen-bond donors (Lipinski definition) is 3. The summed E-state index contributed by atoms with van der Waals surface area (Å²) in [4.78, 5) is 24.6. The van der Waals surface area contributed by atoms with Gasteiger partial charge in [-0.2, -0.15) is 0 Å². The van der Waals surface area contributed by atoms with Gasteiger partial charge in [0.1, 0.15) is 5.56 Å². The number of carbonyl (C=O) groups excluding carboxylic acids is 1. The molecule has 0 saturated carbocycles. The molecule has 2 atom stereocenters. The summed E-state index contributed by atoms with van der Waals surface area (Å²) < 4.78 is 0. The smallest absolute Gasteiger partial charge is 0.282 e. The fraction of sp³-hybridized carbons (Fsp3) is 0.462. The van der Waals surface area contributed by atoms with Crippen molar-refractivity contribution in [3.05, 3.63) is 33.9 Å². The fourth-order valence-corrected chi connectivity index (χ4v) is 2.65. The van der Waals surface area contributed by atoms with Crippen LogP contribution in [-0.4, -0.2) is 40.0 Å². The molecule has 1 heterocycles. The van der Waals surface area contributed by atoms with Gasteiger partial charge in [-0.05, 0) is 24.5 Å². The molecule has 0 radical (unpaired) electrons. The lowest BCUT2D eigenvalue weighted by atomic mass is 10.0. The Labute approximate surface area is 121 Å². The number of nitrogens with one attached hydrogen (secondary N) is 1. The Balaban J connectivity index is 2.40. The number of rotatable bonds is 4. The number of nitro groups is 1. The first-order valence-corrected chi connectivity index (χ1v) is 6.66. The number of anilines is 1. The standard InChI is InChI=1S/C13H18N4O4/c1-8-4-5-16(12(8)7-18)13(19)10-6-9(15-14)2-3-11(10)17(20)21/h2-3,6,8,12,15,18H,4-5,7,14H2,1H3. The first-order chi connectivity index (χ1) is 9.99. The van der Waals surface area contributed by atoms with Gasteiger partial charge in [0.25, 0.3) is 11.6 Å². The summed E-state index contributed by atoms with van der Waals surface area (Å²) in [6.45, 7) is 2.26. The molecular formula is C13H18N4O4. The van der Waals surface area contributed by atoms with E-state index in [0.717, 1.165) is 6.42 Å². The topological polar surface area (TPSA) is 122 Å². The fourth-order valence-electron chi connectivity index (χ4n) is 2.65. The number of likely N-dealkylation sites (tertiary alicyclic amines) is 1. The summed E-state index contributed by atoms with van der Waals surface area (Å²) >= 11 is 0. The first kappa shape index (κ1) is 15.2. The van der Waals surface area contributed by atoms with Crippen LogP contribution in [0.3, 0.4) is 0 Å². The Morgan fingerprint density at radius 3 is 2.90 bits per heavy atom. The van der Waals surface area contributed by atoms with Gasteiger partial charge in [0, 0.05) is 18.3 Å². The second kappa shape index (κ2) is 6.06. The maximum Gasteiger partial charge on any atom is 0.282 e. The molecule has 8 heteroatoms. The number of amides is 1. The van der Waals surface area contributed by atoms with Crippen LogP contribution in [0.4, 0.5) is 11.4 Å². The summed E-state index contributed by atoms with van der Waals surface area (Å²) in [6.07, 6.45) is 0.763. The molecule has 1 aromatic rings. The molecule has 0 aromatic heterocycles. The van der Waals surface area contributed by atoms with Gasteiger partial charge < -0.3 is 15.4 Å². The van der Waals surface area contributed by atoms with Crippen molar-refractivity contribution in [2.75, 3.05) is 18.6 Å². The SMILES string of the molecule is CC1CCN(C(=O)c2cc(NN)ccc2[N+](=O)[O-])C1CO. The van der Waals surface area contributed by atoms with Crippen molar-refractivity contribution in [2.45, 2.75) is 19.4 Å². The predicted octanol–water partition coefficient (Wildman–Crippen LogP) is 0.723. The summed E-state index contributed by atoms with van der Waals surface area (Å²) in [6, 6.07) is 3.73. The largest absolute Gasteiger partial charge is 0.394 e. The molecule has 2 unspecified atom stereocenters. The summed E-state index contributed by atoms with van der Waals surface area (Å²) in [5, 5.41) is 20.5. The zero-order chi connectivity index (χ0) is 15.6. The molecule has 1 fully saturated rings. The molecule has 0 spiro atoms. The van der Waals surface area contributed by atoms with Crippen LogP contribution < -0.4 is 11.3 Å². The number of benzene rings is 1. The molecule has 1 aliphatic heterocycles. The van der Waals surface area contributed by atoms with Gasteiger partial charge in [-0.15, -0.1) is 0 Å². The second-order valence-corrected chi connectivity index (χ2v) is 5.15. The van der Waals surface area contributed by atoms with Crippen molar-refractivity contribution >= 4 is 17.3 Å². The maximum atomic E-state index is 12.6. The van der Waals surface area contributed by atoms with Crippen LogP contribution in [0.15, 0.2) is 18.2 Å². The second-order valence-electron chi connectivity index (χ2n) is 5.15. The van der Waals surface area contributed by atoms with Crippen LogP contribution >= 0.6 is 0 Å². The van der Waals surface area contributed by atoms with Gasteiger partial charge >= 0.3 is 0 Å². The molecule has 114 valence electrons. The lowest BCUT2D eigenvalue weighted by Crippen LogP contribution is -2.40. The number of nitrogen functional groups attached to an aromatic ring is 1. The third kappa shape index (κ3) is 2.81. The highest BCUT2D eigenvalue weighted by molar-refractivity contribution is 5.99. The zero-order valence-corrected chi connectivity index (χ0v) is 11.7. The Hall–Kier alpha value is -2.19. The third-order valence-corrected chi connectivity index (χ3v) is 3.92. The normalized spacial score (nSPS) is 21.4. The van der Waals surface area contributed by atoms with E-state index in [9.17, 15) is 20.0 Å². The quantitative estimate of drug-likeness (QED) is 0.427. The third-order valence-electron chi connectivity index (χ3n) is 3.92.